The summed E-state index contributed by atoms with van der Waals surface area (Å²) in [5.41, 5.74) is 5.31. The molecular weight excluding hydrogens is 336 g/mol. The van der Waals surface area contributed by atoms with Crippen LogP contribution in [0.15, 0.2) is 67.0 Å². The highest BCUT2D eigenvalue weighted by Crippen LogP contribution is 2.28. The molecule has 2 aromatic carbocycles. The number of hydrogen-bond donors (Lipinski definition) is 2. The SMILES string of the molecule is Cc1ccccc1C(=O)NC(C)c1cc(-c2cn[nH]c2)nc2ccccc12. The van der Waals surface area contributed by atoms with E-state index in [1.54, 1.807) is 6.20 Å². The smallest absolute Gasteiger partial charge is 0.252 e. The monoisotopic (exact) mass is 356 g/mol. The number of aromatic amines is 1. The third kappa shape index (κ3) is 3.31. The van der Waals surface area contributed by atoms with Gasteiger partial charge in [-0.05, 0) is 43.2 Å². The van der Waals surface area contributed by atoms with Gasteiger partial charge < -0.3 is 5.32 Å². The number of rotatable bonds is 4. The first-order valence-corrected chi connectivity index (χ1v) is 8.89. The van der Waals surface area contributed by atoms with Gasteiger partial charge in [-0.2, -0.15) is 5.10 Å². The van der Waals surface area contributed by atoms with Crippen LogP contribution in [0.1, 0.15) is 34.5 Å². The average Bonchev–Trinajstić information content (AvgIpc) is 3.22. The molecule has 4 aromatic rings. The summed E-state index contributed by atoms with van der Waals surface area (Å²) >= 11 is 0. The molecule has 0 fully saturated rings. The van der Waals surface area contributed by atoms with Gasteiger partial charge in [-0.25, -0.2) is 4.98 Å². The third-order valence-electron chi connectivity index (χ3n) is 4.75. The van der Waals surface area contributed by atoms with E-state index in [2.05, 4.69) is 15.5 Å². The fraction of sp³-hybridized carbons (Fsp3) is 0.136. The summed E-state index contributed by atoms with van der Waals surface area (Å²) < 4.78 is 0. The quantitative estimate of drug-likeness (QED) is 0.568. The largest absolute Gasteiger partial charge is 0.345 e. The van der Waals surface area contributed by atoms with Crippen molar-refractivity contribution in [3.8, 4) is 11.3 Å². The van der Waals surface area contributed by atoms with Crippen molar-refractivity contribution in [1.29, 1.82) is 0 Å². The summed E-state index contributed by atoms with van der Waals surface area (Å²) in [6.45, 7) is 3.94. The van der Waals surface area contributed by atoms with Crippen molar-refractivity contribution in [3.05, 3.63) is 83.7 Å². The molecule has 27 heavy (non-hydrogen) atoms. The van der Waals surface area contributed by atoms with E-state index in [0.717, 1.165) is 33.3 Å². The highest BCUT2D eigenvalue weighted by molar-refractivity contribution is 5.96. The van der Waals surface area contributed by atoms with Gasteiger partial charge >= 0.3 is 0 Å². The van der Waals surface area contributed by atoms with Crippen LogP contribution in [-0.2, 0) is 0 Å². The molecule has 1 unspecified atom stereocenters. The zero-order valence-electron chi connectivity index (χ0n) is 15.2. The lowest BCUT2D eigenvalue weighted by atomic mass is 9.99. The van der Waals surface area contributed by atoms with Crippen LogP contribution in [0.3, 0.4) is 0 Å². The summed E-state index contributed by atoms with van der Waals surface area (Å²) in [6.07, 6.45) is 3.56. The van der Waals surface area contributed by atoms with Crippen molar-refractivity contribution in [1.82, 2.24) is 20.5 Å². The van der Waals surface area contributed by atoms with Gasteiger partial charge in [0.2, 0.25) is 0 Å². The van der Waals surface area contributed by atoms with Crippen molar-refractivity contribution in [2.75, 3.05) is 0 Å². The lowest BCUT2D eigenvalue weighted by molar-refractivity contribution is 0.0939. The summed E-state index contributed by atoms with van der Waals surface area (Å²) in [5.74, 6) is -0.0774. The number of carbonyl (C=O) groups is 1. The second-order valence-corrected chi connectivity index (χ2v) is 6.61. The van der Waals surface area contributed by atoms with Crippen LogP contribution in [0.2, 0.25) is 0 Å². The Bertz CT molecular complexity index is 1100. The molecule has 1 amide bonds. The number of aromatic nitrogens is 3. The van der Waals surface area contributed by atoms with Gasteiger partial charge in [-0.1, -0.05) is 36.4 Å². The number of H-pyrrole nitrogens is 1. The van der Waals surface area contributed by atoms with E-state index < -0.39 is 0 Å². The second kappa shape index (κ2) is 7.03. The number of para-hydroxylation sites is 1. The predicted molar refractivity (Wildman–Crippen MR) is 106 cm³/mol. The van der Waals surface area contributed by atoms with Crippen LogP contribution in [0.4, 0.5) is 0 Å². The molecule has 0 saturated heterocycles. The molecule has 134 valence electrons. The number of carbonyl (C=O) groups excluding carboxylic acids is 1. The molecule has 4 rings (SSSR count). The Kier molecular flexibility index (Phi) is 4.42. The summed E-state index contributed by atoms with van der Waals surface area (Å²) in [5, 5.41) is 11.0. The minimum Gasteiger partial charge on any atom is -0.345 e. The second-order valence-electron chi connectivity index (χ2n) is 6.61. The molecule has 0 aliphatic carbocycles. The van der Waals surface area contributed by atoms with Crippen LogP contribution in [0, 0.1) is 6.92 Å². The van der Waals surface area contributed by atoms with Crippen LogP contribution >= 0.6 is 0 Å². The lowest BCUT2D eigenvalue weighted by Crippen LogP contribution is -2.27. The van der Waals surface area contributed by atoms with Gasteiger partial charge in [-0.3, -0.25) is 9.89 Å². The average molecular weight is 356 g/mol. The lowest BCUT2D eigenvalue weighted by Gasteiger charge is -2.18. The van der Waals surface area contributed by atoms with Crippen molar-refractivity contribution in [2.45, 2.75) is 19.9 Å². The first kappa shape index (κ1) is 17.0. The van der Waals surface area contributed by atoms with Gasteiger partial charge in [-0.15, -0.1) is 0 Å². The van der Waals surface area contributed by atoms with Gasteiger partial charge in [0, 0.05) is 22.7 Å². The predicted octanol–water partition coefficient (Wildman–Crippen LogP) is 4.42. The van der Waals surface area contributed by atoms with Crippen molar-refractivity contribution >= 4 is 16.8 Å². The number of amides is 1. The number of hydrogen-bond acceptors (Lipinski definition) is 3. The number of nitrogens with zero attached hydrogens (tertiary/aromatic N) is 2. The fourth-order valence-electron chi connectivity index (χ4n) is 3.28. The standard InChI is InChI=1S/C22H20N4O/c1-14-7-3-4-8-17(14)22(27)25-15(2)19-11-21(16-12-23-24-13-16)26-20-10-6-5-9-18(19)20/h3-13,15H,1-2H3,(H,23,24)(H,25,27). The number of benzene rings is 2. The number of fused-ring (bicyclic) bond motifs is 1. The molecule has 0 radical (unpaired) electrons. The van der Waals surface area contributed by atoms with Crippen molar-refractivity contribution < 1.29 is 4.79 Å². The fourth-order valence-corrected chi connectivity index (χ4v) is 3.28. The zero-order valence-corrected chi connectivity index (χ0v) is 15.2. The maximum absolute atomic E-state index is 12.8. The topological polar surface area (TPSA) is 70.7 Å². The van der Waals surface area contributed by atoms with Gasteiger partial charge in [0.1, 0.15) is 0 Å². The van der Waals surface area contributed by atoms with E-state index in [1.807, 2.05) is 74.6 Å². The Hall–Kier alpha value is -3.47. The molecule has 5 heteroatoms. The molecule has 0 spiro atoms. The Balaban J connectivity index is 1.73. The third-order valence-corrected chi connectivity index (χ3v) is 4.75. The minimum atomic E-state index is -0.171. The van der Waals surface area contributed by atoms with Crippen LogP contribution in [-0.4, -0.2) is 21.1 Å². The highest BCUT2D eigenvalue weighted by Gasteiger charge is 2.17. The first-order valence-electron chi connectivity index (χ1n) is 8.89. The molecular formula is C22H20N4O. The molecule has 0 aliphatic heterocycles. The highest BCUT2D eigenvalue weighted by atomic mass is 16.1. The van der Waals surface area contributed by atoms with E-state index in [4.69, 9.17) is 4.98 Å². The van der Waals surface area contributed by atoms with Crippen LogP contribution in [0.5, 0.6) is 0 Å². The molecule has 0 bridgehead atoms. The molecule has 0 aliphatic rings. The first-order chi connectivity index (χ1) is 13.1. The van der Waals surface area contributed by atoms with Crippen LogP contribution < -0.4 is 5.32 Å². The Morgan fingerprint density at radius 1 is 1.11 bits per heavy atom. The number of aryl methyl sites for hydroxylation is 1. The van der Waals surface area contributed by atoms with Crippen LogP contribution in [0.25, 0.3) is 22.2 Å². The molecule has 2 aromatic heterocycles. The van der Waals surface area contributed by atoms with Gasteiger partial charge in [0.05, 0.1) is 23.4 Å². The van der Waals surface area contributed by atoms with E-state index in [1.165, 1.54) is 0 Å². The van der Waals surface area contributed by atoms with Gasteiger partial charge in [0.25, 0.3) is 5.91 Å². The molecule has 2 N–H and O–H groups in total. The molecule has 5 nitrogen and oxygen atoms in total. The van der Waals surface area contributed by atoms with Crippen molar-refractivity contribution in [2.24, 2.45) is 0 Å². The van der Waals surface area contributed by atoms with Gasteiger partial charge in [0.15, 0.2) is 0 Å². The van der Waals surface area contributed by atoms with E-state index in [9.17, 15) is 4.79 Å². The Labute approximate surface area is 157 Å². The maximum atomic E-state index is 12.8. The normalized spacial score (nSPS) is 12.1. The number of pyridine rings is 1. The summed E-state index contributed by atoms with van der Waals surface area (Å²) in [7, 11) is 0. The maximum Gasteiger partial charge on any atom is 0.252 e. The van der Waals surface area contributed by atoms with E-state index in [-0.39, 0.29) is 11.9 Å². The summed E-state index contributed by atoms with van der Waals surface area (Å²) in [6, 6.07) is 17.4. The zero-order chi connectivity index (χ0) is 18.8. The Morgan fingerprint density at radius 2 is 1.89 bits per heavy atom. The number of nitrogens with one attached hydrogen (secondary N) is 2. The van der Waals surface area contributed by atoms with E-state index in [0.29, 0.717) is 5.56 Å². The van der Waals surface area contributed by atoms with Crippen molar-refractivity contribution in [3.63, 3.8) is 0 Å². The summed E-state index contributed by atoms with van der Waals surface area (Å²) in [4.78, 5) is 17.5. The molecule has 0 saturated carbocycles. The molecule has 1 atom stereocenters. The minimum absolute atomic E-state index is 0.0774. The Morgan fingerprint density at radius 3 is 2.67 bits per heavy atom. The van der Waals surface area contributed by atoms with E-state index >= 15 is 0 Å². The molecule has 2 heterocycles.